The minimum absolute atomic E-state index is 0.0859. The lowest BCUT2D eigenvalue weighted by Crippen LogP contribution is -2.53. The van der Waals surface area contributed by atoms with E-state index in [4.69, 9.17) is 8.85 Å². The average Bonchev–Trinajstić information content (AvgIpc) is 2.12. The number of hydrogen-bond acceptors (Lipinski definition) is 3. The van der Waals surface area contributed by atoms with E-state index in [1.807, 2.05) is 13.8 Å². The first-order valence-corrected chi connectivity index (χ1v) is 12.7. The van der Waals surface area contributed by atoms with E-state index in [9.17, 15) is 4.79 Å². The third-order valence-corrected chi connectivity index (χ3v) is 11.1. The minimum Gasteiger partial charge on any atom is -0.454 e. The Balaban J connectivity index is 4.28. The summed E-state index contributed by atoms with van der Waals surface area (Å²) in [7, 11) is -3.52. The topological polar surface area (TPSA) is 47.6 Å². The van der Waals surface area contributed by atoms with Gasteiger partial charge < -0.3 is 14.2 Å². The van der Waals surface area contributed by atoms with Gasteiger partial charge in [-0.2, -0.15) is 0 Å². The summed E-state index contributed by atoms with van der Waals surface area (Å²) in [5, 5.41) is 2.81. The largest absolute Gasteiger partial charge is 0.454 e. The van der Waals surface area contributed by atoms with Gasteiger partial charge in [0.2, 0.25) is 0 Å². The normalized spacial score (nSPS) is 13.0. The van der Waals surface area contributed by atoms with Crippen molar-refractivity contribution in [3.05, 3.63) is 0 Å². The van der Waals surface area contributed by atoms with Gasteiger partial charge in [0.05, 0.1) is 6.10 Å². The molecule has 0 atom stereocenters. The van der Waals surface area contributed by atoms with E-state index in [0.717, 1.165) is 0 Å². The molecule has 0 bridgehead atoms. The number of rotatable bonds is 6. The van der Waals surface area contributed by atoms with Crippen LogP contribution < -0.4 is 5.32 Å². The molecular weight excluding hydrogens is 262 g/mol. The molecule has 0 rings (SSSR count). The van der Waals surface area contributed by atoms with Crippen molar-refractivity contribution in [3.63, 3.8) is 0 Å². The van der Waals surface area contributed by atoms with Crippen LogP contribution in [0.5, 0.6) is 0 Å². The highest BCUT2D eigenvalue weighted by Gasteiger charge is 2.35. The molecule has 0 radical (unpaired) electrons. The third kappa shape index (κ3) is 7.18. The van der Waals surface area contributed by atoms with Crippen LogP contribution in [0.1, 0.15) is 27.7 Å². The Hall–Kier alpha value is -0.336. The van der Waals surface area contributed by atoms with Crippen molar-refractivity contribution in [1.82, 2.24) is 5.32 Å². The van der Waals surface area contributed by atoms with Crippen LogP contribution in [0, 0.1) is 0 Å². The van der Waals surface area contributed by atoms with Crippen LogP contribution in [0.2, 0.25) is 31.7 Å². The lowest BCUT2D eigenvalue weighted by atomic mass is 10.5. The molecule has 0 aromatic rings. The smallest absolute Gasteiger partial charge is 0.407 e. The van der Waals surface area contributed by atoms with Crippen LogP contribution >= 0.6 is 0 Å². The summed E-state index contributed by atoms with van der Waals surface area (Å²) in [6.45, 7) is 16.8. The van der Waals surface area contributed by atoms with Gasteiger partial charge in [-0.05, 0) is 45.6 Å². The van der Waals surface area contributed by atoms with Crippen molar-refractivity contribution < 1.29 is 13.6 Å². The number of carbonyl (C=O) groups excluding carboxylic acids is 1. The second-order valence-electron chi connectivity index (χ2n) is 6.43. The number of carbonyl (C=O) groups is 1. The SMILES string of the molecule is CC(C)OC(=O)NC[Si](C)(C)O[Si](C)(C)C(C)C. The van der Waals surface area contributed by atoms with Crippen LogP contribution in [-0.4, -0.2) is 35.0 Å². The zero-order chi connectivity index (χ0) is 14.6. The highest BCUT2D eigenvalue weighted by Crippen LogP contribution is 2.25. The first-order valence-electron chi connectivity index (χ1n) is 6.61. The van der Waals surface area contributed by atoms with Crippen LogP contribution in [0.4, 0.5) is 4.79 Å². The van der Waals surface area contributed by atoms with Crippen LogP contribution in [-0.2, 0) is 8.85 Å². The lowest BCUT2D eigenvalue weighted by Gasteiger charge is -2.36. The maximum atomic E-state index is 11.4. The van der Waals surface area contributed by atoms with Crippen molar-refractivity contribution in [2.75, 3.05) is 6.17 Å². The van der Waals surface area contributed by atoms with E-state index in [0.29, 0.717) is 11.7 Å². The number of nitrogens with one attached hydrogen (secondary N) is 1. The zero-order valence-corrected chi connectivity index (χ0v) is 15.1. The van der Waals surface area contributed by atoms with Crippen molar-refractivity contribution in [3.8, 4) is 0 Å². The fourth-order valence-electron chi connectivity index (χ4n) is 1.41. The number of hydrogen-bond donors (Lipinski definition) is 1. The molecule has 0 spiro atoms. The Morgan fingerprint density at radius 1 is 1.11 bits per heavy atom. The molecule has 4 nitrogen and oxygen atoms in total. The molecular formula is C12H29NO3Si2. The van der Waals surface area contributed by atoms with Gasteiger partial charge in [0.25, 0.3) is 0 Å². The van der Waals surface area contributed by atoms with E-state index >= 15 is 0 Å². The van der Waals surface area contributed by atoms with E-state index in [2.05, 4.69) is 45.4 Å². The molecule has 0 aromatic carbocycles. The Labute approximate surface area is 114 Å². The number of alkyl carbamates (subject to hydrolysis) is 1. The molecule has 0 aliphatic rings. The summed E-state index contributed by atoms with van der Waals surface area (Å²) in [6, 6.07) is 0. The van der Waals surface area contributed by atoms with Gasteiger partial charge in [0.15, 0.2) is 16.6 Å². The summed E-state index contributed by atoms with van der Waals surface area (Å²) in [5.41, 5.74) is 0.576. The Morgan fingerprint density at radius 2 is 1.61 bits per heavy atom. The molecule has 0 unspecified atom stereocenters. The second kappa shape index (κ2) is 6.72. The van der Waals surface area contributed by atoms with Crippen LogP contribution in [0.15, 0.2) is 0 Å². The van der Waals surface area contributed by atoms with E-state index < -0.39 is 16.6 Å². The first kappa shape index (κ1) is 17.7. The molecule has 18 heavy (non-hydrogen) atoms. The first-order chi connectivity index (χ1) is 7.96. The Morgan fingerprint density at radius 3 is 2.00 bits per heavy atom. The molecule has 0 saturated heterocycles. The van der Waals surface area contributed by atoms with E-state index in [1.165, 1.54) is 0 Å². The highest BCUT2D eigenvalue weighted by atomic mass is 28.4. The van der Waals surface area contributed by atoms with Crippen molar-refractivity contribution in [2.45, 2.75) is 65.5 Å². The number of ether oxygens (including phenoxy) is 1. The second-order valence-corrected chi connectivity index (χ2v) is 15.5. The van der Waals surface area contributed by atoms with Gasteiger partial charge in [0.1, 0.15) is 0 Å². The maximum absolute atomic E-state index is 11.4. The van der Waals surface area contributed by atoms with Crippen molar-refractivity contribution in [1.29, 1.82) is 0 Å². The monoisotopic (exact) mass is 291 g/mol. The van der Waals surface area contributed by atoms with E-state index in [-0.39, 0.29) is 12.2 Å². The molecule has 1 amide bonds. The van der Waals surface area contributed by atoms with E-state index in [1.54, 1.807) is 0 Å². The zero-order valence-electron chi connectivity index (χ0n) is 13.1. The molecule has 0 aliphatic heterocycles. The average molecular weight is 292 g/mol. The molecule has 0 fully saturated rings. The lowest BCUT2D eigenvalue weighted by molar-refractivity contribution is 0.116. The molecule has 1 N–H and O–H groups in total. The Bertz CT molecular complexity index is 278. The van der Waals surface area contributed by atoms with Crippen molar-refractivity contribution >= 4 is 22.7 Å². The summed E-state index contributed by atoms with van der Waals surface area (Å²) < 4.78 is 11.4. The minimum atomic E-state index is -1.87. The molecule has 0 heterocycles. The third-order valence-electron chi connectivity index (χ3n) is 2.93. The highest BCUT2D eigenvalue weighted by molar-refractivity contribution is 6.85. The van der Waals surface area contributed by atoms with Crippen molar-refractivity contribution in [2.24, 2.45) is 0 Å². The molecule has 0 saturated carbocycles. The predicted molar refractivity (Wildman–Crippen MR) is 80.8 cm³/mol. The fraction of sp³-hybridized carbons (Fsp3) is 0.917. The predicted octanol–water partition coefficient (Wildman–Crippen LogP) is 3.50. The summed E-state index contributed by atoms with van der Waals surface area (Å²) in [6.07, 6.45) is 0.164. The quantitative estimate of drug-likeness (QED) is 0.762. The standard InChI is InChI=1S/C12H29NO3Si2/c1-10(2)15-12(14)13-9-17(5,6)16-18(7,8)11(3)4/h10-11H,9H2,1-8H3,(H,13,14). The molecule has 0 aliphatic carbocycles. The number of amides is 1. The fourth-order valence-corrected chi connectivity index (χ4v) is 8.91. The molecule has 108 valence electrons. The maximum Gasteiger partial charge on any atom is 0.407 e. The van der Waals surface area contributed by atoms with Gasteiger partial charge in [0, 0.05) is 6.17 Å². The summed E-state index contributed by atoms with van der Waals surface area (Å²) in [4.78, 5) is 11.4. The Kier molecular flexibility index (Phi) is 6.60. The summed E-state index contributed by atoms with van der Waals surface area (Å²) in [5.74, 6) is 0. The van der Waals surface area contributed by atoms with Gasteiger partial charge in [-0.3, -0.25) is 0 Å². The van der Waals surface area contributed by atoms with Gasteiger partial charge in [-0.1, -0.05) is 13.8 Å². The van der Waals surface area contributed by atoms with Crippen LogP contribution in [0.3, 0.4) is 0 Å². The van der Waals surface area contributed by atoms with Gasteiger partial charge in [-0.25, -0.2) is 4.79 Å². The molecule has 6 heteroatoms. The van der Waals surface area contributed by atoms with Gasteiger partial charge in [-0.15, -0.1) is 0 Å². The molecule has 0 aromatic heterocycles. The summed E-state index contributed by atoms with van der Waals surface area (Å²) >= 11 is 0. The van der Waals surface area contributed by atoms with Crippen LogP contribution in [0.25, 0.3) is 0 Å². The van der Waals surface area contributed by atoms with Gasteiger partial charge >= 0.3 is 6.09 Å².